The van der Waals surface area contributed by atoms with Crippen LogP contribution >= 0.6 is 0 Å². The summed E-state index contributed by atoms with van der Waals surface area (Å²) in [4.78, 5) is 26.0. The van der Waals surface area contributed by atoms with Crippen LogP contribution in [0, 0.1) is 5.92 Å². The van der Waals surface area contributed by atoms with Gasteiger partial charge >= 0.3 is 5.97 Å². The SMILES string of the molecule is CC1CCCN(C(=O)COC(=O)Cc2ccc(-c3ccccc3)cc2)C1. The number of esters is 1. The van der Waals surface area contributed by atoms with Gasteiger partial charge in [0.2, 0.25) is 0 Å². The maximum atomic E-state index is 12.2. The summed E-state index contributed by atoms with van der Waals surface area (Å²) in [6.45, 7) is 3.51. The number of nitrogens with zero attached hydrogens (tertiary/aromatic N) is 1. The second-order valence-electron chi connectivity index (χ2n) is 6.99. The van der Waals surface area contributed by atoms with Crippen LogP contribution in [0.4, 0.5) is 0 Å². The van der Waals surface area contributed by atoms with Crippen LogP contribution < -0.4 is 0 Å². The van der Waals surface area contributed by atoms with Crippen molar-refractivity contribution in [1.82, 2.24) is 4.90 Å². The average molecular weight is 351 g/mol. The van der Waals surface area contributed by atoms with E-state index < -0.39 is 0 Å². The number of likely N-dealkylation sites (tertiary alicyclic amines) is 1. The minimum Gasteiger partial charge on any atom is -0.455 e. The molecule has 1 amide bonds. The van der Waals surface area contributed by atoms with Gasteiger partial charge in [0.1, 0.15) is 0 Å². The minimum absolute atomic E-state index is 0.0932. The van der Waals surface area contributed by atoms with Gasteiger partial charge in [-0.2, -0.15) is 0 Å². The van der Waals surface area contributed by atoms with Gasteiger partial charge in [0.25, 0.3) is 5.91 Å². The molecule has 0 N–H and O–H groups in total. The van der Waals surface area contributed by atoms with Crippen LogP contribution in [0.5, 0.6) is 0 Å². The number of rotatable bonds is 5. The molecule has 0 bridgehead atoms. The zero-order valence-electron chi connectivity index (χ0n) is 15.2. The first-order valence-corrected chi connectivity index (χ1v) is 9.19. The highest BCUT2D eigenvalue weighted by Crippen LogP contribution is 2.19. The summed E-state index contributed by atoms with van der Waals surface area (Å²) in [6.07, 6.45) is 2.36. The number of piperidine rings is 1. The number of amides is 1. The lowest BCUT2D eigenvalue weighted by atomic mass is 10.0. The fraction of sp³-hybridized carbons (Fsp3) is 0.364. The van der Waals surface area contributed by atoms with Crippen LogP contribution in [-0.4, -0.2) is 36.5 Å². The van der Waals surface area contributed by atoms with E-state index in [-0.39, 0.29) is 24.9 Å². The number of hydrogen-bond acceptors (Lipinski definition) is 3. The van der Waals surface area contributed by atoms with Crippen LogP contribution in [-0.2, 0) is 20.7 Å². The number of ether oxygens (including phenoxy) is 1. The van der Waals surface area contributed by atoms with Crippen molar-refractivity contribution >= 4 is 11.9 Å². The molecule has 1 fully saturated rings. The van der Waals surface area contributed by atoms with Crippen LogP contribution in [0.3, 0.4) is 0 Å². The van der Waals surface area contributed by atoms with Crippen molar-refractivity contribution < 1.29 is 14.3 Å². The van der Waals surface area contributed by atoms with E-state index in [9.17, 15) is 9.59 Å². The van der Waals surface area contributed by atoms with E-state index in [1.807, 2.05) is 42.5 Å². The molecule has 0 aromatic heterocycles. The van der Waals surface area contributed by atoms with Gasteiger partial charge in [-0.3, -0.25) is 9.59 Å². The van der Waals surface area contributed by atoms with Crippen LogP contribution in [0.2, 0.25) is 0 Å². The second kappa shape index (κ2) is 8.65. The van der Waals surface area contributed by atoms with E-state index in [0.717, 1.165) is 42.6 Å². The van der Waals surface area contributed by atoms with E-state index in [1.165, 1.54) is 0 Å². The predicted molar refractivity (Wildman–Crippen MR) is 102 cm³/mol. The molecule has 2 aromatic rings. The Bertz CT molecular complexity index is 740. The molecular formula is C22H25NO3. The van der Waals surface area contributed by atoms with Gasteiger partial charge in [-0.25, -0.2) is 0 Å². The molecule has 1 unspecified atom stereocenters. The Kier molecular flexibility index (Phi) is 6.05. The van der Waals surface area contributed by atoms with E-state index in [1.54, 1.807) is 4.90 Å². The van der Waals surface area contributed by atoms with Crippen molar-refractivity contribution in [3.63, 3.8) is 0 Å². The summed E-state index contributed by atoms with van der Waals surface area (Å²) in [6, 6.07) is 17.9. The summed E-state index contributed by atoms with van der Waals surface area (Å²) in [5, 5.41) is 0. The van der Waals surface area contributed by atoms with E-state index in [4.69, 9.17) is 4.74 Å². The monoisotopic (exact) mass is 351 g/mol. The zero-order chi connectivity index (χ0) is 18.4. The zero-order valence-corrected chi connectivity index (χ0v) is 15.2. The number of hydrogen-bond donors (Lipinski definition) is 0. The molecule has 2 aromatic carbocycles. The third-order valence-corrected chi connectivity index (χ3v) is 4.78. The Morgan fingerprint density at radius 3 is 2.42 bits per heavy atom. The standard InChI is InChI=1S/C22H25NO3/c1-17-6-5-13-23(15-17)21(24)16-26-22(25)14-18-9-11-20(12-10-18)19-7-3-2-4-8-19/h2-4,7-12,17H,5-6,13-16H2,1H3. The largest absolute Gasteiger partial charge is 0.455 e. The maximum absolute atomic E-state index is 12.2. The molecule has 1 atom stereocenters. The lowest BCUT2D eigenvalue weighted by molar-refractivity contribution is -0.152. The van der Waals surface area contributed by atoms with E-state index in [0.29, 0.717) is 5.92 Å². The van der Waals surface area contributed by atoms with Crippen molar-refractivity contribution in [3.05, 3.63) is 60.2 Å². The first kappa shape index (κ1) is 18.2. The molecule has 1 aliphatic heterocycles. The fourth-order valence-electron chi connectivity index (χ4n) is 3.31. The Morgan fingerprint density at radius 1 is 1.04 bits per heavy atom. The van der Waals surface area contributed by atoms with Crippen molar-refractivity contribution in [2.75, 3.05) is 19.7 Å². The first-order chi connectivity index (χ1) is 12.6. The van der Waals surface area contributed by atoms with Gasteiger partial charge < -0.3 is 9.64 Å². The predicted octanol–water partition coefficient (Wildman–Crippen LogP) is 3.70. The number of carbonyl (C=O) groups is 2. The number of benzene rings is 2. The molecule has 4 nitrogen and oxygen atoms in total. The lowest BCUT2D eigenvalue weighted by Crippen LogP contribution is -2.41. The molecule has 136 valence electrons. The summed E-state index contributed by atoms with van der Waals surface area (Å²) in [5.74, 6) is 0.0618. The van der Waals surface area contributed by atoms with Crippen molar-refractivity contribution in [3.8, 4) is 11.1 Å². The van der Waals surface area contributed by atoms with Gasteiger partial charge in [-0.1, -0.05) is 61.5 Å². The molecule has 0 radical (unpaired) electrons. The van der Waals surface area contributed by atoms with Gasteiger partial charge in [0.05, 0.1) is 6.42 Å². The summed E-state index contributed by atoms with van der Waals surface area (Å²) in [5.41, 5.74) is 3.13. The van der Waals surface area contributed by atoms with E-state index >= 15 is 0 Å². The maximum Gasteiger partial charge on any atom is 0.310 e. The first-order valence-electron chi connectivity index (χ1n) is 9.19. The highest BCUT2D eigenvalue weighted by atomic mass is 16.5. The normalized spacial score (nSPS) is 17.0. The minimum atomic E-state index is -0.365. The summed E-state index contributed by atoms with van der Waals surface area (Å²) >= 11 is 0. The topological polar surface area (TPSA) is 46.6 Å². The quantitative estimate of drug-likeness (QED) is 0.772. The molecular weight excluding hydrogens is 326 g/mol. The average Bonchev–Trinajstić information content (AvgIpc) is 2.67. The third kappa shape index (κ3) is 4.94. The Balaban J connectivity index is 1.48. The molecule has 1 aliphatic rings. The van der Waals surface area contributed by atoms with Crippen molar-refractivity contribution in [2.45, 2.75) is 26.2 Å². The summed E-state index contributed by atoms with van der Waals surface area (Å²) in [7, 11) is 0. The van der Waals surface area contributed by atoms with Crippen molar-refractivity contribution in [2.24, 2.45) is 5.92 Å². The molecule has 1 saturated heterocycles. The van der Waals surface area contributed by atoms with Crippen LogP contribution in [0.15, 0.2) is 54.6 Å². The molecule has 0 aliphatic carbocycles. The van der Waals surface area contributed by atoms with Crippen molar-refractivity contribution in [1.29, 1.82) is 0 Å². The third-order valence-electron chi connectivity index (χ3n) is 4.78. The van der Waals surface area contributed by atoms with Gasteiger partial charge in [-0.15, -0.1) is 0 Å². The molecule has 4 heteroatoms. The Morgan fingerprint density at radius 2 is 1.73 bits per heavy atom. The van der Waals surface area contributed by atoms with Gasteiger partial charge in [-0.05, 0) is 35.4 Å². The van der Waals surface area contributed by atoms with Gasteiger partial charge in [0.15, 0.2) is 6.61 Å². The van der Waals surface area contributed by atoms with Crippen LogP contribution in [0.25, 0.3) is 11.1 Å². The summed E-state index contributed by atoms with van der Waals surface area (Å²) < 4.78 is 5.18. The number of carbonyl (C=O) groups excluding carboxylic acids is 2. The smallest absolute Gasteiger partial charge is 0.310 e. The van der Waals surface area contributed by atoms with Gasteiger partial charge in [0, 0.05) is 13.1 Å². The van der Waals surface area contributed by atoms with Crippen LogP contribution in [0.1, 0.15) is 25.3 Å². The highest BCUT2D eigenvalue weighted by Gasteiger charge is 2.21. The molecule has 0 saturated carbocycles. The second-order valence-corrected chi connectivity index (χ2v) is 6.99. The Labute approximate surface area is 154 Å². The molecule has 26 heavy (non-hydrogen) atoms. The highest BCUT2D eigenvalue weighted by molar-refractivity contribution is 5.81. The Hall–Kier alpha value is -2.62. The van der Waals surface area contributed by atoms with E-state index in [2.05, 4.69) is 19.1 Å². The molecule has 3 rings (SSSR count). The lowest BCUT2D eigenvalue weighted by Gasteiger charge is -2.30. The molecule has 1 heterocycles. The fourth-order valence-corrected chi connectivity index (χ4v) is 3.31. The molecule has 0 spiro atoms.